The van der Waals surface area contributed by atoms with Gasteiger partial charge in [0.2, 0.25) is 0 Å². The second kappa shape index (κ2) is 7.98. The predicted octanol–water partition coefficient (Wildman–Crippen LogP) is 4.33. The van der Waals surface area contributed by atoms with Crippen LogP contribution in [0, 0.1) is 0 Å². The van der Waals surface area contributed by atoms with Crippen LogP contribution in [0.25, 0.3) is 0 Å². The van der Waals surface area contributed by atoms with Gasteiger partial charge in [-0.1, -0.05) is 45.1 Å². The maximum atomic E-state index is 11.3. The van der Waals surface area contributed by atoms with E-state index in [1.54, 1.807) is 11.8 Å². The third-order valence-electron chi connectivity index (χ3n) is 2.73. The average Bonchev–Trinajstić information content (AvgIpc) is 2.63. The fourth-order valence-corrected chi connectivity index (χ4v) is 2.84. The van der Waals surface area contributed by atoms with Crippen molar-refractivity contribution in [2.45, 2.75) is 58.3 Å². The summed E-state index contributed by atoms with van der Waals surface area (Å²) in [5, 5.41) is 0. The molecule has 2 heteroatoms. The van der Waals surface area contributed by atoms with Crippen molar-refractivity contribution in [2.24, 2.45) is 0 Å². The lowest BCUT2D eigenvalue weighted by Gasteiger charge is -2.01. The minimum atomic E-state index is 0.367. The third-order valence-corrected chi connectivity index (χ3v) is 3.93. The Kier molecular flexibility index (Phi) is 6.82. The Hall–Kier alpha value is -0.240. The number of ketones is 1. The van der Waals surface area contributed by atoms with E-state index in [1.165, 1.54) is 38.5 Å². The molecule has 0 atom stereocenters. The normalized spacial score (nSPS) is 15.8. The second-order valence-corrected chi connectivity index (χ2v) is 5.28. The van der Waals surface area contributed by atoms with E-state index >= 15 is 0 Å². The molecule has 0 saturated carbocycles. The first kappa shape index (κ1) is 12.8. The number of thioether (sulfide) groups is 1. The van der Waals surface area contributed by atoms with Gasteiger partial charge in [-0.05, 0) is 18.6 Å². The smallest absolute Gasteiger partial charge is 0.169 e. The van der Waals surface area contributed by atoms with Crippen LogP contribution in [0.1, 0.15) is 58.3 Å². The molecule has 1 aliphatic rings. The molecule has 0 bridgehead atoms. The number of allylic oxidation sites excluding steroid dienone is 2. The molecule has 86 valence electrons. The van der Waals surface area contributed by atoms with Gasteiger partial charge < -0.3 is 0 Å². The van der Waals surface area contributed by atoms with Crippen LogP contribution < -0.4 is 0 Å². The molecular formula is C13H22OS. The summed E-state index contributed by atoms with van der Waals surface area (Å²) in [6, 6.07) is 0. The topological polar surface area (TPSA) is 17.1 Å². The van der Waals surface area contributed by atoms with Gasteiger partial charge in [-0.15, -0.1) is 11.8 Å². The molecule has 0 aromatic heterocycles. The lowest BCUT2D eigenvalue weighted by molar-refractivity contribution is -0.114. The number of hydrogen-bond donors (Lipinski definition) is 0. The van der Waals surface area contributed by atoms with E-state index in [-0.39, 0.29) is 0 Å². The van der Waals surface area contributed by atoms with Crippen LogP contribution in [0.4, 0.5) is 0 Å². The summed E-state index contributed by atoms with van der Waals surface area (Å²) < 4.78 is 0. The van der Waals surface area contributed by atoms with Gasteiger partial charge in [0.15, 0.2) is 5.78 Å². The molecular weight excluding hydrogens is 204 g/mol. The molecule has 0 radical (unpaired) electrons. The van der Waals surface area contributed by atoms with Crippen molar-refractivity contribution in [1.29, 1.82) is 0 Å². The molecule has 1 nitrogen and oxygen atoms in total. The van der Waals surface area contributed by atoms with Crippen LogP contribution in [-0.4, -0.2) is 11.5 Å². The molecule has 1 aliphatic carbocycles. The molecule has 0 unspecified atom stereocenters. The van der Waals surface area contributed by atoms with Gasteiger partial charge in [0.05, 0.1) is 0 Å². The summed E-state index contributed by atoms with van der Waals surface area (Å²) in [6.45, 7) is 2.24. The van der Waals surface area contributed by atoms with Crippen LogP contribution in [0.2, 0.25) is 0 Å². The maximum Gasteiger partial charge on any atom is 0.169 e. The van der Waals surface area contributed by atoms with Crippen molar-refractivity contribution < 1.29 is 4.79 Å². The van der Waals surface area contributed by atoms with Crippen molar-refractivity contribution in [3.05, 3.63) is 11.0 Å². The summed E-state index contributed by atoms with van der Waals surface area (Å²) >= 11 is 1.77. The quantitative estimate of drug-likeness (QED) is 0.573. The lowest BCUT2D eigenvalue weighted by atomic mass is 10.1. The predicted molar refractivity (Wildman–Crippen MR) is 68.2 cm³/mol. The molecule has 0 aromatic rings. The van der Waals surface area contributed by atoms with E-state index in [1.807, 2.05) is 0 Å². The van der Waals surface area contributed by atoms with Gasteiger partial charge in [0, 0.05) is 11.3 Å². The van der Waals surface area contributed by atoms with Crippen molar-refractivity contribution >= 4 is 17.5 Å². The molecule has 1 rings (SSSR count). The zero-order valence-corrected chi connectivity index (χ0v) is 10.6. The van der Waals surface area contributed by atoms with Crippen LogP contribution in [0.3, 0.4) is 0 Å². The van der Waals surface area contributed by atoms with Crippen LogP contribution in [-0.2, 0) is 4.79 Å². The molecule has 0 aliphatic heterocycles. The van der Waals surface area contributed by atoms with Crippen LogP contribution in [0.15, 0.2) is 11.0 Å². The fraction of sp³-hybridized carbons (Fsp3) is 0.769. The highest BCUT2D eigenvalue weighted by molar-refractivity contribution is 8.04. The Labute approximate surface area is 97.7 Å². The molecule has 0 fully saturated rings. The first-order valence-corrected chi connectivity index (χ1v) is 7.19. The number of hydrogen-bond acceptors (Lipinski definition) is 2. The van der Waals surface area contributed by atoms with Gasteiger partial charge in [-0.25, -0.2) is 0 Å². The maximum absolute atomic E-state index is 11.3. The Balaban J connectivity index is 1.91. The van der Waals surface area contributed by atoms with Gasteiger partial charge in [-0.3, -0.25) is 4.79 Å². The summed E-state index contributed by atoms with van der Waals surface area (Å²) in [4.78, 5) is 12.3. The van der Waals surface area contributed by atoms with E-state index in [2.05, 4.69) is 13.0 Å². The van der Waals surface area contributed by atoms with Crippen molar-refractivity contribution in [3.8, 4) is 0 Å². The fourth-order valence-electron chi connectivity index (χ4n) is 1.78. The van der Waals surface area contributed by atoms with Crippen LogP contribution in [0.5, 0.6) is 0 Å². The zero-order valence-electron chi connectivity index (χ0n) is 9.76. The summed E-state index contributed by atoms with van der Waals surface area (Å²) in [5.74, 6) is 1.50. The Bertz CT molecular complexity index is 221. The molecule has 0 aromatic carbocycles. The Morgan fingerprint density at radius 1 is 1.20 bits per heavy atom. The Morgan fingerprint density at radius 2 is 1.93 bits per heavy atom. The van der Waals surface area contributed by atoms with Crippen molar-refractivity contribution in [3.63, 3.8) is 0 Å². The number of unbranched alkanes of at least 4 members (excludes halogenated alkanes) is 5. The number of rotatable bonds is 8. The van der Waals surface area contributed by atoms with Gasteiger partial charge in [0.1, 0.15) is 0 Å². The zero-order chi connectivity index (χ0) is 10.9. The number of Topliss-reactive ketones (excluding diaryl/α,β-unsaturated/α-hetero) is 1. The summed E-state index contributed by atoms with van der Waals surface area (Å²) in [5.41, 5.74) is 0. The molecule has 0 N–H and O–H groups in total. The minimum absolute atomic E-state index is 0.367. The van der Waals surface area contributed by atoms with E-state index in [9.17, 15) is 4.79 Å². The highest BCUT2D eigenvalue weighted by Gasteiger charge is 2.14. The molecule has 0 spiro atoms. The lowest BCUT2D eigenvalue weighted by Crippen LogP contribution is -1.92. The van der Waals surface area contributed by atoms with E-state index in [4.69, 9.17) is 0 Å². The summed E-state index contributed by atoms with van der Waals surface area (Å²) in [7, 11) is 0. The molecule has 0 heterocycles. The average molecular weight is 226 g/mol. The van der Waals surface area contributed by atoms with Gasteiger partial charge in [-0.2, -0.15) is 0 Å². The van der Waals surface area contributed by atoms with E-state index in [0.717, 1.165) is 23.5 Å². The number of carbonyl (C=O) groups is 1. The molecule has 0 amide bonds. The standard InChI is InChI=1S/C13H22OS/c1-2-3-4-5-6-7-11-15-13-10-8-9-12(13)14/h10H,2-9,11H2,1H3. The van der Waals surface area contributed by atoms with Crippen LogP contribution >= 0.6 is 11.8 Å². The Morgan fingerprint density at radius 3 is 2.60 bits per heavy atom. The minimum Gasteiger partial charge on any atom is -0.294 e. The summed E-state index contributed by atoms with van der Waals surface area (Å²) in [6.07, 6.45) is 11.8. The van der Waals surface area contributed by atoms with Gasteiger partial charge in [0.25, 0.3) is 0 Å². The highest BCUT2D eigenvalue weighted by atomic mass is 32.2. The monoisotopic (exact) mass is 226 g/mol. The van der Waals surface area contributed by atoms with Crippen molar-refractivity contribution in [1.82, 2.24) is 0 Å². The first-order valence-electron chi connectivity index (χ1n) is 6.20. The van der Waals surface area contributed by atoms with E-state index in [0.29, 0.717) is 5.78 Å². The van der Waals surface area contributed by atoms with E-state index < -0.39 is 0 Å². The highest BCUT2D eigenvalue weighted by Crippen LogP contribution is 2.26. The number of carbonyl (C=O) groups excluding carboxylic acids is 1. The molecule has 0 saturated heterocycles. The van der Waals surface area contributed by atoms with Gasteiger partial charge >= 0.3 is 0 Å². The molecule has 15 heavy (non-hydrogen) atoms. The third kappa shape index (κ3) is 5.41. The SMILES string of the molecule is CCCCCCCCSC1=CCCC1=O. The van der Waals surface area contributed by atoms with Crippen molar-refractivity contribution in [2.75, 3.05) is 5.75 Å². The first-order chi connectivity index (χ1) is 7.34. The largest absolute Gasteiger partial charge is 0.294 e. The second-order valence-electron chi connectivity index (χ2n) is 4.15.